The third-order valence-corrected chi connectivity index (χ3v) is 4.39. The normalized spacial score (nSPS) is 14.0. The zero-order chi connectivity index (χ0) is 24.0. The Bertz CT molecular complexity index is 1070. The molecule has 11 nitrogen and oxygen atoms in total. The van der Waals surface area contributed by atoms with Gasteiger partial charge in [0.25, 0.3) is 5.89 Å². The van der Waals surface area contributed by atoms with Crippen LogP contribution in [0.1, 0.15) is 45.9 Å². The molecule has 0 unspecified atom stereocenters. The number of carbonyl (C=O) groups is 3. The van der Waals surface area contributed by atoms with Gasteiger partial charge >= 0.3 is 12.2 Å². The molecule has 2 bridgehead atoms. The van der Waals surface area contributed by atoms with E-state index in [0.29, 0.717) is 25.2 Å². The van der Waals surface area contributed by atoms with E-state index in [9.17, 15) is 14.4 Å². The van der Waals surface area contributed by atoms with Crippen molar-refractivity contribution >= 4 is 35.2 Å². The standard InChI is InChI=1S/C22H27N5O6/c1-22(2,3)33-21(30)25-15-12-13(23-20(29)31-4)11-14-18(15)19-27-26-17(32-19)10-8-6-5-7-9-16(28)24-14/h5-6,11-12H,7-10H2,1-4H3,(H,23,29)(H,24,28)(H,25,30). The molecular formula is C22H27N5O6. The van der Waals surface area contributed by atoms with Gasteiger partial charge < -0.3 is 19.2 Å². The van der Waals surface area contributed by atoms with Gasteiger partial charge in [-0.15, -0.1) is 10.2 Å². The summed E-state index contributed by atoms with van der Waals surface area (Å²) in [4.78, 5) is 36.9. The SMILES string of the molecule is COC(=O)Nc1cc2c(c(NC(=O)OC(C)(C)C)c1)-c1nnc(o1)CCC=CCCC(=O)N2. The van der Waals surface area contributed by atoms with Gasteiger partial charge in [-0.2, -0.15) is 0 Å². The Hall–Kier alpha value is -3.89. The van der Waals surface area contributed by atoms with Crippen LogP contribution in [0.4, 0.5) is 26.7 Å². The first kappa shape index (κ1) is 23.8. The summed E-state index contributed by atoms with van der Waals surface area (Å²) >= 11 is 0. The van der Waals surface area contributed by atoms with Gasteiger partial charge in [0.15, 0.2) is 0 Å². The number of fused-ring (bicyclic) bond motifs is 4. The summed E-state index contributed by atoms with van der Waals surface area (Å²) in [5.41, 5.74) is 0.254. The van der Waals surface area contributed by atoms with Crippen LogP contribution in [0.15, 0.2) is 28.7 Å². The maximum absolute atomic E-state index is 12.6. The summed E-state index contributed by atoms with van der Waals surface area (Å²) < 4.78 is 15.8. The van der Waals surface area contributed by atoms with Crippen molar-refractivity contribution < 1.29 is 28.3 Å². The largest absolute Gasteiger partial charge is 0.453 e. The number of amides is 3. The Labute approximate surface area is 190 Å². The van der Waals surface area contributed by atoms with Gasteiger partial charge in [-0.3, -0.25) is 15.4 Å². The Balaban J connectivity index is 2.12. The second kappa shape index (κ2) is 10.2. The number of nitrogens with zero attached hydrogens (tertiary/aromatic N) is 2. The van der Waals surface area contributed by atoms with E-state index in [1.165, 1.54) is 19.2 Å². The lowest BCUT2D eigenvalue weighted by atomic mass is 10.1. The monoisotopic (exact) mass is 457 g/mol. The number of rotatable bonds is 2. The van der Waals surface area contributed by atoms with E-state index in [1.807, 2.05) is 12.2 Å². The molecule has 1 aliphatic rings. The first-order chi connectivity index (χ1) is 15.6. The minimum Gasteiger partial charge on any atom is -0.453 e. The molecule has 0 radical (unpaired) electrons. The molecule has 0 aliphatic carbocycles. The molecule has 0 saturated carbocycles. The molecule has 0 fully saturated rings. The minimum atomic E-state index is -0.747. The number of aromatic nitrogens is 2. The minimum absolute atomic E-state index is 0.0965. The van der Waals surface area contributed by atoms with Crippen LogP contribution in [-0.2, 0) is 20.7 Å². The van der Waals surface area contributed by atoms with Crippen molar-refractivity contribution in [2.24, 2.45) is 0 Å². The van der Waals surface area contributed by atoms with Gasteiger partial charge in [-0.25, -0.2) is 9.59 Å². The Morgan fingerprint density at radius 2 is 1.79 bits per heavy atom. The molecule has 3 N–H and O–H groups in total. The Morgan fingerprint density at radius 1 is 1.06 bits per heavy atom. The van der Waals surface area contributed by atoms with Crippen LogP contribution in [0, 0.1) is 0 Å². The zero-order valence-electron chi connectivity index (χ0n) is 19.0. The number of carbonyl (C=O) groups excluding carboxylic acids is 3. The number of hydrogen-bond donors (Lipinski definition) is 3. The van der Waals surface area contributed by atoms with Crippen LogP contribution in [-0.4, -0.2) is 41.0 Å². The van der Waals surface area contributed by atoms with Crippen LogP contribution in [0.5, 0.6) is 0 Å². The van der Waals surface area contributed by atoms with Gasteiger partial charge in [0.1, 0.15) is 5.60 Å². The molecule has 176 valence electrons. The molecule has 0 saturated heterocycles. The highest BCUT2D eigenvalue weighted by atomic mass is 16.6. The molecule has 2 aromatic rings. The number of nitrogens with one attached hydrogen (secondary N) is 3. The van der Waals surface area contributed by atoms with Gasteiger partial charge in [0.05, 0.1) is 24.0 Å². The maximum atomic E-state index is 12.6. The smallest absolute Gasteiger partial charge is 0.412 e. The summed E-state index contributed by atoms with van der Waals surface area (Å²) in [6.45, 7) is 5.19. The number of ether oxygens (including phenoxy) is 2. The number of allylic oxidation sites excluding steroid dienone is 2. The number of benzene rings is 1. The molecule has 1 aromatic carbocycles. The zero-order valence-corrected chi connectivity index (χ0v) is 19.0. The predicted octanol–water partition coefficient (Wildman–Crippen LogP) is 4.48. The van der Waals surface area contributed by atoms with Crippen molar-refractivity contribution in [1.29, 1.82) is 0 Å². The predicted molar refractivity (Wildman–Crippen MR) is 121 cm³/mol. The molecule has 33 heavy (non-hydrogen) atoms. The van der Waals surface area contributed by atoms with Crippen LogP contribution in [0.25, 0.3) is 11.5 Å². The molecule has 1 aromatic heterocycles. The third-order valence-electron chi connectivity index (χ3n) is 4.39. The van der Waals surface area contributed by atoms with E-state index in [-0.39, 0.29) is 40.8 Å². The van der Waals surface area contributed by atoms with Crippen molar-refractivity contribution in [3.05, 3.63) is 30.2 Å². The lowest BCUT2D eigenvalue weighted by Gasteiger charge is -2.21. The van der Waals surface area contributed by atoms with E-state index in [4.69, 9.17) is 9.15 Å². The second-order valence-electron chi connectivity index (χ2n) is 8.29. The first-order valence-corrected chi connectivity index (χ1v) is 10.5. The van der Waals surface area contributed by atoms with Crippen molar-refractivity contribution in [1.82, 2.24) is 10.2 Å². The van der Waals surface area contributed by atoms with E-state index < -0.39 is 17.8 Å². The first-order valence-electron chi connectivity index (χ1n) is 10.5. The van der Waals surface area contributed by atoms with Crippen molar-refractivity contribution in [2.45, 2.75) is 52.1 Å². The average molecular weight is 457 g/mol. The number of anilines is 3. The molecule has 0 atom stereocenters. The molecule has 11 heteroatoms. The number of methoxy groups -OCH3 is 1. The lowest BCUT2D eigenvalue weighted by molar-refractivity contribution is -0.116. The van der Waals surface area contributed by atoms with Gasteiger partial charge in [-0.1, -0.05) is 12.2 Å². The summed E-state index contributed by atoms with van der Waals surface area (Å²) in [6.07, 6.45) is 4.42. The molecule has 0 spiro atoms. The summed E-state index contributed by atoms with van der Waals surface area (Å²) in [6, 6.07) is 3.00. The average Bonchev–Trinajstić information content (AvgIpc) is 3.17. The Morgan fingerprint density at radius 3 is 2.48 bits per heavy atom. The molecule has 1 aliphatic heterocycles. The molecule has 3 amide bonds. The quantitative estimate of drug-likeness (QED) is 0.560. The van der Waals surface area contributed by atoms with Crippen LogP contribution in [0.2, 0.25) is 0 Å². The highest BCUT2D eigenvalue weighted by Crippen LogP contribution is 2.38. The van der Waals surface area contributed by atoms with E-state index in [1.54, 1.807) is 20.8 Å². The Kier molecular flexibility index (Phi) is 7.31. The van der Waals surface area contributed by atoms with Crippen molar-refractivity contribution in [3.63, 3.8) is 0 Å². The number of hydrogen-bond acceptors (Lipinski definition) is 8. The van der Waals surface area contributed by atoms with E-state index >= 15 is 0 Å². The van der Waals surface area contributed by atoms with E-state index in [2.05, 4.69) is 30.9 Å². The van der Waals surface area contributed by atoms with Crippen molar-refractivity contribution in [3.8, 4) is 11.5 Å². The summed E-state index contributed by atoms with van der Waals surface area (Å²) in [5, 5.41) is 16.2. The lowest BCUT2D eigenvalue weighted by Crippen LogP contribution is -2.27. The number of aryl methyl sites for hydroxylation is 1. The molecule has 3 rings (SSSR count). The van der Waals surface area contributed by atoms with Crippen LogP contribution < -0.4 is 16.0 Å². The van der Waals surface area contributed by atoms with Crippen molar-refractivity contribution in [2.75, 3.05) is 23.1 Å². The second-order valence-corrected chi connectivity index (χ2v) is 8.29. The fraction of sp³-hybridized carbons (Fsp3) is 0.409. The summed E-state index contributed by atoms with van der Waals surface area (Å²) in [7, 11) is 1.22. The van der Waals surface area contributed by atoms with Gasteiger partial charge in [0, 0.05) is 18.5 Å². The molecule has 2 heterocycles. The fourth-order valence-corrected chi connectivity index (χ4v) is 3.05. The van der Waals surface area contributed by atoms with Gasteiger partial charge in [0.2, 0.25) is 11.8 Å². The third kappa shape index (κ3) is 6.79. The highest BCUT2D eigenvalue weighted by Gasteiger charge is 2.24. The maximum Gasteiger partial charge on any atom is 0.412 e. The highest BCUT2D eigenvalue weighted by molar-refractivity contribution is 6.03. The fourth-order valence-electron chi connectivity index (χ4n) is 3.05. The molecular weight excluding hydrogens is 430 g/mol. The van der Waals surface area contributed by atoms with Gasteiger partial charge in [-0.05, 0) is 45.7 Å². The van der Waals surface area contributed by atoms with Crippen LogP contribution >= 0.6 is 0 Å². The van der Waals surface area contributed by atoms with Crippen LogP contribution in [0.3, 0.4) is 0 Å². The topological polar surface area (TPSA) is 145 Å². The van der Waals surface area contributed by atoms with E-state index in [0.717, 1.165) is 0 Å². The summed E-state index contributed by atoms with van der Waals surface area (Å²) in [5.74, 6) is 0.240.